The molecule has 1 aliphatic rings. The van der Waals surface area contributed by atoms with Gasteiger partial charge in [-0.2, -0.15) is 0 Å². The molecule has 1 atom stereocenters. The second-order valence-corrected chi connectivity index (χ2v) is 7.01. The zero-order valence-electron chi connectivity index (χ0n) is 14.6. The van der Waals surface area contributed by atoms with E-state index in [1.807, 2.05) is 24.3 Å². The molecule has 1 fully saturated rings. The summed E-state index contributed by atoms with van der Waals surface area (Å²) in [6, 6.07) is 9.32. The Bertz CT molecular complexity index is 910. The monoisotopic (exact) mass is 385 g/mol. The molecule has 7 nitrogen and oxygen atoms in total. The van der Waals surface area contributed by atoms with Gasteiger partial charge in [0.15, 0.2) is 17.2 Å². The minimum atomic E-state index is -0.426. The molecule has 0 saturated carbocycles. The van der Waals surface area contributed by atoms with Crippen LogP contribution < -0.4 is 5.48 Å². The normalized spacial score (nSPS) is 17.1. The van der Waals surface area contributed by atoms with E-state index in [-0.39, 0.29) is 5.76 Å². The maximum Gasteiger partial charge on any atom is 0.310 e. The van der Waals surface area contributed by atoms with E-state index in [4.69, 9.17) is 14.0 Å². The van der Waals surface area contributed by atoms with Crippen LogP contribution in [-0.2, 0) is 15.3 Å². The molecule has 1 saturated heterocycles. The number of hydroxylamine groups is 1. The summed E-state index contributed by atoms with van der Waals surface area (Å²) in [6.07, 6.45) is 5.75. The number of hydrogen-bond donors (Lipinski definition) is 1. The molecule has 3 heterocycles. The molecular formula is C19H19N3O4S. The fraction of sp³-hybridized carbons (Fsp3) is 0.316. The lowest BCUT2D eigenvalue weighted by molar-refractivity contribution is -0.187. The molecule has 0 spiro atoms. The average Bonchev–Trinajstić information content (AvgIpc) is 3.11. The molecule has 2 aromatic heterocycles. The lowest BCUT2D eigenvalue weighted by atomic mass is 10.1. The van der Waals surface area contributed by atoms with Gasteiger partial charge in [0, 0.05) is 42.1 Å². The predicted molar refractivity (Wildman–Crippen MR) is 99.9 cm³/mol. The highest BCUT2D eigenvalue weighted by atomic mass is 32.2. The summed E-state index contributed by atoms with van der Waals surface area (Å²) in [5, 5.41) is 1.53. The van der Waals surface area contributed by atoms with Gasteiger partial charge in [-0.05, 0) is 25.0 Å². The smallest absolute Gasteiger partial charge is 0.310 e. The van der Waals surface area contributed by atoms with E-state index < -0.39 is 12.2 Å². The molecule has 3 aromatic rings. The van der Waals surface area contributed by atoms with Crippen LogP contribution in [0.25, 0.3) is 11.0 Å². The van der Waals surface area contributed by atoms with Crippen LogP contribution in [0.15, 0.2) is 52.3 Å². The quantitative estimate of drug-likeness (QED) is 0.393. The summed E-state index contributed by atoms with van der Waals surface area (Å²) in [4.78, 5) is 26.5. The largest absolute Gasteiger partial charge is 0.450 e. The molecular weight excluding hydrogens is 366 g/mol. The Labute approximate surface area is 160 Å². The number of amides is 1. The minimum Gasteiger partial charge on any atom is -0.450 e. The average molecular weight is 385 g/mol. The third-order valence-corrected chi connectivity index (χ3v) is 5.12. The fourth-order valence-electron chi connectivity index (χ4n) is 2.89. The van der Waals surface area contributed by atoms with Crippen molar-refractivity contribution in [3.63, 3.8) is 0 Å². The van der Waals surface area contributed by atoms with Crippen LogP contribution in [-0.4, -0.2) is 28.8 Å². The number of rotatable bonds is 6. The van der Waals surface area contributed by atoms with Crippen molar-refractivity contribution in [3.8, 4) is 0 Å². The number of thioether (sulfide) groups is 1. The number of carbonyl (C=O) groups excluding carboxylic acids is 1. The Morgan fingerprint density at radius 1 is 1.22 bits per heavy atom. The van der Waals surface area contributed by atoms with Crippen LogP contribution in [0.4, 0.5) is 0 Å². The van der Waals surface area contributed by atoms with Crippen LogP contribution in [0.5, 0.6) is 0 Å². The van der Waals surface area contributed by atoms with E-state index in [1.165, 1.54) is 11.8 Å². The number of furan rings is 1. The number of hydrogen-bond acceptors (Lipinski definition) is 7. The first kappa shape index (κ1) is 18.0. The maximum absolute atomic E-state index is 12.7. The van der Waals surface area contributed by atoms with Gasteiger partial charge in [-0.15, -0.1) is 0 Å². The van der Waals surface area contributed by atoms with Crippen molar-refractivity contribution in [1.82, 2.24) is 15.4 Å². The first-order valence-corrected chi connectivity index (χ1v) is 9.77. The molecule has 1 aliphatic heterocycles. The minimum absolute atomic E-state index is 0.232. The highest BCUT2D eigenvalue weighted by Gasteiger charge is 2.23. The summed E-state index contributed by atoms with van der Waals surface area (Å²) >= 11 is 1.44. The van der Waals surface area contributed by atoms with Gasteiger partial charge in [0.2, 0.25) is 0 Å². The molecule has 140 valence electrons. The third-order valence-electron chi connectivity index (χ3n) is 4.21. The van der Waals surface area contributed by atoms with Gasteiger partial charge in [0.25, 0.3) is 0 Å². The van der Waals surface area contributed by atoms with Crippen molar-refractivity contribution < 1.29 is 18.8 Å². The molecule has 1 aromatic carbocycles. The van der Waals surface area contributed by atoms with Gasteiger partial charge >= 0.3 is 5.91 Å². The Balaban J connectivity index is 1.52. The number of para-hydroxylation sites is 1. The van der Waals surface area contributed by atoms with Crippen molar-refractivity contribution in [2.75, 3.05) is 6.61 Å². The second-order valence-electron chi connectivity index (χ2n) is 6.07. The summed E-state index contributed by atoms with van der Waals surface area (Å²) < 4.78 is 11.3. The number of nitrogens with zero attached hydrogens (tertiary/aromatic N) is 2. The zero-order valence-corrected chi connectivity index (χ0v) is 15.4. The van der Waals surface area contributed by atoms with Crippen LogP contribution in [0.3, 0.4) is 0 Å². The number of carbonyl (C=O) groups is 1. The molecule has 0 aliphatic carbocycles. The van der Waals surface area contributed by atoms with Gasteiger partial charge in [0.05, 0.1) is 0 Å². The predicted octanol–water partition coefficient (Wildman–Crippen LogP) is 3.70. The Morgan fingerprint density at radius 2 is 2.07 bits per heavy atom. The van der Waals surface area contributed by atoms with Gasteiger partial charge in [0.1, 0.15) is 5.58 Å². The summed E-state index contributed by atoms with van der Waals surface area (Å²) in [5.74, 6) is 0.310. The van der Waals surface area contributed by atoms with Gasteiger partial charge in [-0.3, -0.25) is 4.79 Å². The fourth-order valence-corrected chi connectivity index (χ4v) is 3.72. The highest BCUT2D eigenvalue weighted by molar-refractivity contribution is 7.98. The van der Waals surface area contributed by atoms with Crippen LogP contribution >= 0.6 is 11.8 Å². The van der Waals surface area contributed by atoms with E-state index in [2.05, 4.69) is 15.4 Å². The SMILES string of the molecule is O=C(NOC1CCCCO1)c1oc2ccccc2c1CSc1ncccn1. The van der Waals surface area contributed by atoms with Crippen molar-refractivity contribution in [3.05, 3.63) is 54.0 Å². The van der Waals surface area contributed by atoms with Crippen molar-refractivity contribution in [2.45, 2.75) is 36.5 Å². The van der Waals surface area contributed by atoms with Gasteiger partial charge < -0.3 is 9.15 Å². The molecule has 8 heteroatoms. The molecule has 1 unspecified atom stereocenters. The number of nitrogens with one attached hydrogen (secondary N) is 1. The van der Waals surface area contributed by atoms with E-state index in [1.54, 1.807) is 18.5 Å². The van der Waals surface area contributed by atoms with E-state index in [0.29, 0.717) is 23.1 Å². The van der Waals surface area contributed by atoms with E-state index in [9.17, 15) is 4.79 Å². The Kier molecular flexibility index (Phi) is 5.66. The second kappa shape index (κ2) is 8.51. The van der Waals surface area contributed by atoms with Crippen LogP contribution in [0.2, 0.25) is 0 Å². The molecule has 1 N–H and O–H groups in total. The number of fused-ring (bicyclic) bond motifs is 1. The third kappa shape index (κ3) is 4.29. The Morgan fingerprint density at radius 3 is 2.89 bits per heavy atom. The first-order valence-electron chi connectivity index (χ1n) is 8.79. The summed E-state index contributed by atoms with van der Waals surface area (Å²) in [5.41, 5.74) is 3.91. The highest BCUT2D eigenvalue weighted by Crippen LogP contribution is 2.31. The number of benzene rings is 1. The van der Waals surface area contributed by atoms with Crippen molar-refractivity contribution in [2.24, 2.45) is 0 Å². The Hall–Kier alpha value is -2.42. The molecule has 1 amide bonds. The molecule has 27 heavy (non-hydrogen) atoms. The molecule has 0 bridgehead atoms. The standard InChI is InChI=1S/C19H19N3O4S/c23-18(22-26-16-8-3-4-11-24-16)17-14(12-27-19-20-9-5-10-21-19)13-6-1-2-7-15(13)25-17/h1-2,5-7,9-10,16H,3-4,8,11-12H2,(H,22,23). The van der Waals surface area contributed by atoms with E-state index >= 15 is 0 Å². The maximum atomic E-state index is 12.7. The van der Waals surface area contributed by atoms with Crippen molar-refractivity contribution in [1.29, 1.82) is 0 Å². The lowest BCUT2D eigenvalue weighted by Crippen LogP contribution is -2.33. The molecule has 0 radical (unpaired) electrons. The topological polar surface area (TPSA) is 86.5 Å². The van der Waals surface area contributed by atoms with Crippen molar-refractivity contribution >= 4 is 28.6 Å². The zero-order chi connectivity index (χ0) is 18.5. The summed E-state index contributed by atoms with van der Waals surface area (Å²) in [6.45, 7) is 0.643. The molecule has 4 rings (SSSR count). The number of ether oxygens (including phenoxy) is 1. The lowest BCUT2D eigenvalue weighted by Gasteiger charge is -2.21. The van der Waals surface area contributed by atoms with Crippen LogP contribution in [0.1, 0.15) is 35.4 Å². The van der Waals surface area contributed by atoms with Gasteiger partial charge in [-0.25, -0.2) is 20.3 Å². The van der Waals surface area contributed by atoms with Gasteiger partial charge in [-0.1, -0.05) is 30.0 Å². The summed E-state index contributed by atoms with van der Waals surface area (Å²) in [7, 11) is 0. The first-order chi connectivity index (χ1) is 13.3. The number of aromatic nitrogens is 2. The van der Waals surface area contributed by atoms with E-state index in [0.717, 1.165) is 30.2 Å². The van der Waals surface area contributed by atoms with Crippen LogP contribution in [0, 0.1) is 0 Å².